The molecule has 0 radical (unpaired) electrons. The van der Waals surface area contributed by atoms with E-state index in [1.54, 1.807) is 17.5 Å². The number of aryl methyl sites for hydroxylation is 1. The largest absolute Gasteiger partial charge is 0.378 e. The van der Waals surface area contributed by atoms with Crippen LogP contribution in [0.15, 0.2) is 24.5 Å². The van der Waals surface area contributed by atoms with Gasteiger partial charge in [0.05, 0.1) is 19.3 Å². The number of nitrogens with one attached hydrogen (secondary N) is 1. The summed E-state index contributed by atoms with van der Waals surface area (Å²) in [5, 5.41) is 3.90. The molecule has 1 aliphatic heterocycles. The molecule has 0 aromatic carbocycles. The molecule has 3 heterocycles. The molecule has 0 spiro atoms. The van der Waals surface area contributed by atoms with E-state index in [1.807, 2.05) is 25.3 Å². The highest BCUT2D eigenvalue weighted by Gasteiger charge is 2.17. The van der Waals surface area contributed by atoms with Crippen LogP contribution < -0.4 is 10.2 Å². The van der Waals surface area contributed by atoms with Crippen LogP contribution in [0.5, 0.6) is 0 Å². The standard InChI is InChI=1S/C17H22N4O2S/c1-3-14-11-19-17(24-14)12(2)20-16(22)15-10-13(4-5-18-15)21-6-8-23-9-7-21/h4-5,10-12H,3,6-9H2,1-2H3,(H,20,22). The van der Waals surface area contributed by atoms with Crippen molar-refractivity contribution in [1.29, 1.82) is 0 Å². The lowest BCUT2D eigenvalue weighted by Crippen LogP contribution is -2.36. The van der Waals surface area contributed by atoms with Gasteiger partial charge in [0, 0.05) is 36.0 Å². The van der Waals surface area contributed by atoms with Crippen LogP contribution in [0.3, 0.4) is 0 Å². The molecule has 1 saturated heterocycles. The van der Waals surface area contributed by atoms with Gasteiger partial charge in [-0.15, -0.1) is 11.3 Å². The minimum absolute atomic E-state index is 0.128. The second-order valence-electron chi connectivity index (χ2n) is 5.71. The molecule has 0 saturated carbocycles. The van der Waals surface area contributed by atoms with Gasteiger partial charge in [-0.3, -0.25) is 9.78 Å². The van der Waals surface area contributed by atoms with Crippen LogP contribution in [-0.2, 0) is 11.2 Å². The summed E-state index contributed by atoms with van der Waals surface area (Å²) < 4.78 is 5.37. The summed E-state index contributed by atoms with van der Waals surface area (Å²) >= 11 is 1.64. The van der Waals surface area contributed by atoms with Gasteiger partial charge in [-0.25, -0.2) is 4.98 Å². The molecule has 24 heavy (non-hydrogen) atoms. The molecule has 2 aromatic heterocycles. The fraction of sp³-hybridized carbons (Fsp3) is 0.471. The fourth-order valence-corrected chi connectivity index (χ4v) is 3.44. The van der Waals surface area contributed by atoms with E-state index >= 15 is 0 Å². The van der Waals surface area contributed by atoms with E-state index < -0.39 is 0 Å². The van der Waals surface area contributed by atoms with Crippen molar-refractivity contribution in [3.63, 3.8) is 0 Å². The van der Waals surface area contributed by atoms with Crippen LogP contribution in [0.25, 0.3) is 0 Å². The number of carbonyl (C=O) groups excluding carboxylic acids is 1. The molecule has 1 aliphatic rings. The Labute approximate surface area is 145 Å². The zero-order chi connectivity index (χ0) is 16.9. The van der Waals surface area contributed by atoms with E-state index in [9.17, 15) is 4.79 Å². The smallest absolute Gasteiger partial charge is 0.270 e. The minimum Gasteiger partial charge on any atom is -0.378 e. The van der Waals surface area contributed by atoms with Crippen LogP contribution in [0.2, 0.25) is 0 Å². The topological polar surface area (TPSA) is 67.4 Å². The number of amides is 1. The number of aromatic nitrogens is 2. The number of morpholine rings is 1. The first kappa shape index (κ1) is 16.9. The first-order valence-electron chi connectivity index (χ1n) is 8.21. The van der Waals surface area contributed by atoms with Crippen molar-refractivity contribution in [2.24, 2.45) is 0 Å². The number of ether oxygens (including phenoxy) is 1. The molecule has 6 nitrogen and oxygen atoms in total. The zero-order valence-electron chi connectivity index (χ0n) is 14.0. The van der Waals surface area contributed by atoms with Crippen molar-refractivity contribution >= 4 is 22.9 Å². The van der Waals surface area contributed by atoms with E-state index in [0.29, 0.717) is 18.9 Å². The number of rotatable bonds is 5. The van der Waals surface area contributed by atoms with Crippen molar-refractivity contribution in [1.82, 2.24) is 15.3 Å². The maximum absolute atomic E-state index is 12.5. The number of carbonyl (C=O) groups is 1. The van der Waals surface area contributed by atoms with Crippen molar-refractivity contribution in [2.75, 3.05) is 31.2 Å². The van der Waals surface area contributed by atoms with Gasteiger partial charge in [-0.2, -0.15) is 0 Å². The summed E-state index contributed by atoms with van der Waals surface area (Å²) in [7, 11) is 0. The van der Waals surface area contributed by atoms with Gasteiger partial charge >= 0.3 is 0 Å². The van der Waals surface area contributed by atoms with Crippen LogP contribution in [0.4, 0.5) is 5.69 Å². The summed E-state index contributed by atoms with van der Waals surface area (Å²) in [6.07, 6.45) is 4.52. The number of hydrogen-bond acceptors (Lipinski definition) is 6. The Bertz CT molecular complexity index is 697. The molecule has 1 atom stereocenters. The SMILES string of the molecule is CCc1cnc(C(C)NC(=O)c2cc(N3CCOCC3)ccn2)s1. The molecular weight excluding hydrogens is 324 g/mol. The number of hydrogen-bond donors (Lipinski definition) is 1. The average molecular weight is 346 g/mol. The molecular formula is C17H22N4O2S. The Morgan fingerprint density at radius 3 is 2.92 bits per heavy atom. The molecule has 1 amide bonds. The Balaban J connectivity index is 1.68. The number of pyridine rings is 1. The minimum atomic E-state index is -0.175. The highest BCUT2D eigenvalue weighted by atomic mass is 32.1. The van der Waals surface area contributed by atoms with Gasteiger partial charge < -0.3 is 15.0 Å². The van der Waals surface area contributed by atoms with E-state index in [4.69, 9.17) is 4.74 Å². The third-order valence-corrected chi connectivity index (χ3v) is 5.31. The Kier molecular flexibility index (Phi) is 5.42. The summed E-state index contributed by atoms with van der Waals surface area (Å²) in [5.41, 5.74) is 1.44. The molecule has 2 aromatic rings. The number of thiazole rings is 1. The quantitative estimate of drug-likeness (QED) is 0.901. The zero-order valence-corrected chi connectivity index (χ0v) is 14.8. The van der Waals surface area contributed by atoms with Crippen molar-refractivity contribution in [3.8, 4) is 0 Å². The monoisotopic (exact) mass is 346 g/mol. The van der Waals surface area contributed by atoms with Crippen LogP contribution in [0.1, 0.15) is 40.3 Å². The second-order valence-corrected chi connectivity index (χ2v) is 6.86. The van der Waals surface area contributed by atoms with Gasteiger partial charge in [0.1, 0.15) is 10.7 Å². The maximum atomic E-state index is 12.5. The predicted octanol–water partition coefficient (Wildman–Crippen LogP) is 2.43. The summed E-state index contributed by atoms with van der Waals surface area (Å²) in [4.78, 5) is 24.5. The van der Waals surface area contributed by atoms with Crippen LogP contribution in [0, 0.1) is 0 Å². The van der Waals surface area contributed by atoms with Gasteiger partial charge in [0.15, 0.2) is 0 Å². The number of anilines is 1. The van der Waals surface area contributed by atoms with Gasteiger partial charge in [-0.05, 0) is 25.5 Å². The summed E-state index contributed by atoms with van der Waals surface area (Å²) in [6, 6.07) is 3.64. The number of nitrogens with zero attached hydrogens (tertiary/aromatic N) is 3. The van der Waals surface area contributed by atoms with E-state index in [1.165, 1.54) is 4.88 Å². The first-order chi connectivity index (χ1) is 11.7. The third-order valence-electron chi connectivity index (χ3n) is 3.99. The van der Waals surface area contributed by atoms with Gasteiger partial charge in [0.2, 0.25) is 0 Å². The molecule has 3 rings (SSSR count). The highest BCUT2D eigenvalue weighted by molar-refractivity contribution is 7.11. The van der Waals surface area contributed by atoms with Crippen molar-refractivity contribution in [2.45, 2.75) is 26.3 Å². The molecule has 0 bridgehead atoms. The van der Waals surface area contributed by atoms with Gasteiger partial charge in [0.25, 0.3) is 5.91 Å². The van der Waals surface area contributed by atoms with Crippen molar-refractivity contribution in [3.05, 3.63) is 40.1 Å². The maximum Gasteiger partial charge on any atom is 0.270 e. The second kappa shape index (κ2) is 7.72. The summed E-state index contributed by atoms with van der Waals surface area (Å²) in [5.74, 6) is -0.175. The van der Waals surface area contributed by atoms with E-state index in [2.05, 4.69) is 27.1 Å². The molecule has 1 fully saturated rings. The predicted molar refractivity (Wildman–Crippen MR) is 94.6 cm³/mol. The van der Waals surface area contributed by atoms with Crippen LogP contribution in [-0.4, -0.2) is 42.2 Å². The lowest BCUT2D eigenvalue weighted by Gasteiger charge is -2.28. The van der Waals surface area contributed by atoms with Gasteiger partial charge in [-0.1, -0.05) is 6.92 Å². The molecule has 7 heteroatoms. The highest BCUT2D eigenvalue weighted by Crippen LogP contribution is 2.21. The Morgan fingerprint density at radius 1 is 1.42 bits per heavy atom. The Morgan fingerprint density at radius 2 is 2.21 bits per heavy atom. The normalized spacial score (nSPS) is 16.0. The Hall–Kier alpha value is -1.99. The molecule has 1 unspecified atom stereocenters. The molecule has 128 valence electrons. The fourth-order valence-electron chi connectivity index (χ4n) is 2.58. The molecule has 1 N–H and O–H groups in total. The summed E-state index contributed by atoms with van der Waals surface area (Å²) in [6.45, 7) is 7.14. The van der Waals surface area contributed by atoms with Crippen molar-refractivity contribution < 1.29 is 9.53 Å². The van der Waals surface area contributed by atoms with E-state index in [-0.39, 0.29) is 11.9 Å². The van der Waals surface area contributed by atoms with E-state index in [0.717, 1.165) is 30.2 Å². The first-order valence-corrected chi connectivity index (χ1v) is 9.03. The lowest BCUT2D eigenvalue weighted by molar-refractivity contribution is 0.0935. The average Bonchev–Trinajstić information content (AvgIpc) is 3.12. The lowest BCUT2D eigenvalue weighted by atomic mass is 10.2. The molecule has 0 aliphatic carbocycles. The van der Waals surface area contributed by atoms with Crippen LogP contribution >= 0.6 is 11.3 Å². The third kappa shape index (κ3) is 3.91.